The Morgan fingerprint density at radius 1 is 1.29 bits per heavy atom. The minimum Gasteiger partial charge on any atom is -0.392 e. The molecule has 0 spiro atoms. The van der Waals surface area contributed by atoms with Gasteiger partial charge in [-0.15, -0.1) is 0 Å². The first-order valence-electron chi connectivity index (χ1n) is 5.36. The highest BCUT2D eigenvalue weighted by atomic mass is 32.2. The van der Waals surface area contributed by atoms with Gasteiger partial charge in [0.15, 0.2) is 0 Å². The predicted octanol–water partition coefficient (Wildman–Crippen LogP) is 1.18. The lowest BCUT2D eigenvalue weighted by Gasteiger charge is -2.07. The second-order valence-electron chi connectivity index (χ2n) is 4.15. The third-order valence-electron chi connectivity index (χ3n) is 2.75. The standard InChI is InChI=1S/C12H15NO3S/c1-17(15,16)8-7-13-6-5-10-3-2-4-11(9-14)12(10)13/h2-6,14H,7-9H2,1H3. The van der Waals surface area contributed by atoms with Crippen LogP contribution in [0.15, 0.2) is 30.5 Å². The summed E-state index contributed by atoms with van der Waals surface area (Å²) < 4.78 is 24.2. The molecule has 1 aromatic heterocycles. The highest BCUT2D eigenvalue weighted by Crippen LogP contribution is 2.20. The van der Waals surface area contributed by atoms with Crippen molar-refractivity contribution in [2.75, 3.05) is 12.0 Å². The number of aryl methyl sites for hydroxylation is 1. The first-order valence-corrected chi connectivity index (χ1v) is 7.42. The summed E-state index contributed by atoms with van der Waals surface area (Å²) in [6, 6.07) is 7.61. The van der Waals surface area contributed by atoms with Crippen molar-refractivity contribution in [3.8, 4) is 0 Å². The molecular formula is C12H15NO3S. The van der Waals surface area contributed by atoms with Gasteiger partial charge in [-0.3, -0.25) is 0 Å². The van der Waals surface area contributed by atoms with E-state index in [1.807, 2.05) is 35.0 Å². The number of aliphatic hydroxyl groups is 1. The normalized spacial score (nSPS) is 12.1. The molecule has 17 heavy (non-hydrogen) atoms. The van der Waals surface area contributed by atoms with Crippen LogP contribution < -0.4 is 0 Å². The maximum absolute atomic E-state index is 11.2. The number of aliphatic hydroxyl groups excluding tert-OH is 1. The summed E-state index contributed by atoms with van der Waals surface area (Å²) in [4.78, 5) is 0. The number of sulfone groups is 1. The fraction of sp³-hybridized carbons (Fsp3) is 0.333. The summed E-state index contributed by atoms with van der Waals surface area (Å²) in [5.41, 5.74) is 1.74. The van der Waals surface area contributed by atoms with Crippen LogP contribution in [0.2, 0.25) is 0 Å². The van der Waals surface area contributed by atoms with Crippen LogP contribution in [0.5, 0.6) is 0 Å². The van der Waals surface area contributed by atoms with Crippen LogP contribution in [-0.2, 0) is 23.0 Å². The van der Waals surface area contributed by atoms with Gasteiger partial charge in [-0.25, -0.2) is 8.42 Å². The van der Waals surface area contributed by atoms with Crippen LogP contribution in [0.3, 0.4) is 0 Å². The molecule has 1 N–H and O–H groups in total. The predicted molar refractivity (Wildman–Crippen MR) is 67.6 cm³/mol. The molecule has 5 heteroatoms. The molecule has 2 rings (SSSR count). The van der Waals surface area contributed by atoms with Crippen molar-refractivity contribution in [3.05, 3.63) is 36.0 Å². The van der Waals surface area contributed by atoms with Gasteiger partial charge in [0, 0.05) is 24.6 Å². The zero-order valence-corrected chi connectivity index (χ0v) is 10.4. The number of aromatic nitrogens is 1. The Balaban J connectivity index is 2.41. The fourth-order valence-corrected chi connectivity index (χ4v) is 2.45. The molecule has 0 fully saturated rings. The van der Waals surface area contributed by atoms with Gasteiger partial charge in [0.25, 0.3) is 0 Å². The van der Waals surface area contributed by atoms with E-state index in [4.69, 9.17) is 0 Å². The van der Waals surface area contributed by atoms with Crippen molar-refractivity contribution in [1.29, 1.82) is 0 Å². The van der Waals surface area contributed by atoms with Crippen molar-refractivity contribution in [1.82, 2.24) is 4.57 Å². The minimum absolute atomic E-state index is 0.0414. The Morgan fingerprint density at radius 3 is 2.71 bits per heavy atom. The SMILES string of the molecule is CS(=O)(=O)CCn1ccc2cccc(CO)c21. The summed E-state index contributed by atoms with van der Waals surface area (Å²) in [6.45, 7) is 0.375. The van der Waals surface area contributed by atoms with Crippen molar-refractivity contribution in [3.63, 3.8) is 0 Å². The van der Waals surface area contributed by atoms with Crippen molar-refractivity contribution < 1.29 is 13.5 Å². The van der Waals surface area contributed by atoms with Crippen molar-refractivity contribution >= 4 is 20.7 Å². The summed E-state index contributed by atoms with van der Waals surface area (Å²) in [7, 11) is -2.97. The van der Waals surface area contributed by atoms with Gasteiger partial charge in [-0.05, 0) is 11.5 Å². The van der Waals surface area contributed by atoms with Gasteiger partial charge in [0.1, 0.15) is 9.84 Å². The first-order chi connectivity index (χ1) is 8.01. The molecule has 0 saturated carbocycles. The lowest BCUT2D eigenvalue weighted by molar-refractivity contribution is 0.283. The second kappa shape index (κ2) is 4.50. The molecule has 0 atom stereocenters. The van der Waals surface area contributed by atoms with Crippen molar-refractivity contribution in [2.45, 2.75) is 13.2 Å². The van der Waals surface area contributed by atoms with E-state index in [9.17, 15) is 13.5 Å². The molecule has 0 amide bonds. The summed E-state index contributed by atoms with van der Waals surface area (Å²) in [5.74, 6) is 0.108. The molecule has 4 nitrogen and oxygen atoms in total. The van der Waals surface area contributed by atoms with Gasteiger partial charge in [0.2, 0.25) is 0 Å². The van der Waals surface area contributed by atoms with Crippen molar-refractivity contribution in [2.24, 2.45) is 0 Å². The number of rotatable bonds is 4. The maximum Gasteiger partial charge on any atom is 0.149 e. The zero-order valence-electron chi connectivity index (χ0n) is 9.63. The molecule has 0 unspecified atom stereocenters. The molecule has 2 aromatic rings. The average molecular weight is 253 g/mol. The van der Waals surface area contributed by atoms with E-state index in [2.05, 4.69) is 0 Å². The number of nitrogens with zero attached hydrogens (tertiary/aromatic N) is 1. The average Bonchev–Trinajstić information content (AvgIpc) is 2.68. The molecule has 0 aliphatic carbocycles. The Hall–Kier alpha value is -1.33. The highest BCUT2D eigenvalue weighted by molar-refractivity contribution is 7.90. The van der Waals surface area contributed by atoms with Crippen LogP contribution in [-0.4, -0.2) is 30.1 Å². The molecule has 1 heterocycles. The first kappa shape index (κ1) is 12.1. The number of fused-ring (bicyclic) bond motifs is 1. The van der Waals surface area contributed by atoms with E-state index in [-0.39, 0.29) is 12.4 Å². The third-order valence-corrected chi connectivity index (χ3v) is 3.67. The van der Waals surface area contributed by atoms with E-state index in [1.165, 1.54) is 6.26 Å². The highest BCUT2D eigenvalue weighted by Gasteiger charge is 2.08. The lowest BCUT2D eigenvalue weighted by atomic mass is 10.1. The topological polar surface area (TPSA) is 59.3 Å². The largest absolute Gasteiger partial charge is 0.392 e. The van der Waals surface area contributed by atoms with Crippen LogP contribution in [0.25, 0.3) is 10.9 Å². The summed E-state index contributed by atoms with van der Waals surface area (Å²) in [6.07, 6.45) is 3.08. The van der Waals surface area contributed by atoms with Crippen LogP contribution in [0.4, 0.5) is 0 Å². The maximum atomic E-state index is 11.2. The van der Waals surface area contributed by atoms with Crippen LogP contribution in [0.1, 0.15) is 5.56 Å². The number of hydrogen-bond acceptors (Lipinski definition) is 3. The van der Waals surface area contributed by atoms with E-state index >= 15 is 0 Å². The summed E-state index contributed by atoms with van der Waals surface area (Å²) >= 11 is 0. The molecular weight excluding hydrogens is 238 g/mol. The van der Waals surface area contributed by atoms with Crippen LogP contribution in [0, 0.1) is 0 Å². The quantitative estimate of drug-likeness (QED) is 0.890. The summed E-state index contributed by atoms with van der Waals surface area (Å²) in [5, 5.41) is 10.3. The number of hydrogen-bond donors (Lipinski definition) is 1. The van der Waals surface area contributed by atoms with Gasteiger partial charge in [-0.2, -0.15) is 0 Å². The zero-order chi connectivity index (χ0) is 12.5. The third kappa shape index (κ3) is 2.68. The Labute approximate surface area is 100 Å². The second-order valence-corrected chi connectivity index (χ2v) is 6.41. The van der Waals surface area contributed by atoms with E-state index < -0.39 is 9.84 Å². The molecule has 0 aliphatic heterocycles. The monoisotopic (exact) mass is 253 g/mol. The molecule has 0 saturated heterocycles. The number of benzene rings is 1. The molecule has 0 bridgehead atoms. The van der Waals surface area contributed by atoms with Gasteiger partial charge in [0.05, 0.1) is 17.9 Å². The fourth-order valence-electron chi connectivity index (χ4n) is 1.92. The van der Waals surface area contributed by atoms with Crippen LogP contribution >= 0.6 is 0 Å². The lowest BCUT2D eigenvalue weighted by Crippen LogP contribution is -2.10. The number of para-hydroxylation sites is 1. The minimum atomic E-state index is -2.97. The smallest absolute Gasteiger partial charge is 0.149 e. The molecule has 0 radical (unpaired) electrons. The molecule has 1 aromatic carbocycles. The van der Waals surface area contributed by atoms with E-state index in [0.29, 0.717) is 6.54 Å². The molecule has 0 aliphatic rings. The van der Waals surface area contributed by atoms with Gasteiger partial charge >= 0.3 is 0 Å². The van der Waals surface area contributed by atoms with Gasteiger partial charge in [-0.1, -0.05) is 18.2 Å². The Kier molecular flexibility index (Phi) is 3.22. The Morgan fingerprint density at radius 2 is 2.06 bits per heavy atom. The van der Waals surface area contributed by atoms with Gasteiger partial charge < -0.3 is 9.67 Å². The molecule has 92 valence electrons. The van der Waals surface area contributed by atoms with E-state index in [0.717, 1.165) is 16.5 Å². The van der Waals surface area contributed by atoms with E-state index in [1.54, 1.807) is 0 Å². The Bertz CT molecular complexity index is 628.